The van der Waals surface area contributed by atoms with Gasteiger partial charge in [0.15, 0.2) is 0 Å². The number of rotatable bonds is 16. The van der Waals surface area contributed by atoms with Gasteiger partial charge in [-0.05, 0) is 71.8 Å². The van der Waals surface area contributed by atoms with Crippen LogP contribution in [-0.4, -0.2) is 62.0 Å². The van der Waals surface area contributed by atoms with Crippen molar-refractivity contribution in [2.45, 2.75) is 0 Å². The van der Waals surface area contributed by atoms with Gasteiger partial charge in [-0.15, -0.1) is 13.2 Å². The summed E-state index contributed by atoms with van der Waals surface area (Å²) in [5.74, 6) is 1.06. The van der Waals surface area contributed by atoms with Gasteiger partial charge >= 0.3 is 12.2 Å². The monoisotopic (exact) mass is 640 g/mol. The van der Waals surface area contributed by atoms with Gasteiger partial charge in [0.1, 0.15) is 36.2 Å². The van der Waals surface area contributed by atoms with Gasteiger partial charge in [-0.25, -0.2) is 9.59 Å². The van der Waals surface area contributed by atoms with Gasteiger partial charge in [-0.3, -0.25) is 10.6 Å². The van der Waals surface area contributed by atoms with Crippen molar-refractivity contribution in [2.24, 2.45) is 0 Å². The zero-order chi connectivity index (χ0) is 33.4. The summed E-state index contributed by atoms with van der Waals surface area (Å²) in [5.41, 5.74) is 3.53. The second-order valence-electron chi connectivity index (χ2n) is 9.87. The number of hydrogen-bond acceptors (Lipinski definition) is 9. The minimum absolute atomic E-state index is 0.0679. The van der Waals surface area contributed by atoms with Crippen LogP contribution in [0.5, 0.6) is 23.0 Å². The van der Waals surface area contributed by atoms with E-state index in [1.165, 1.54) is 0 Å². The Morgan fingerprint density at radius 1 is 0.596 bits per heavy atom. The normalized spacial score (nSPS) is 10.5. The lowest BCUT2D eigenvalue weighted by Crippen LogP contribution is -2.17. The molecule has 0 bridgehead atoms. The van der Waals surface area contributed by atoms with Crippen molar-refractivity contribution in [3.8, 4) is 45.3 Å². The number of hydrogen-bond donors (Lipinski definition) is 4. The third-order valence-corrected chi connectivity index (χ3v) is 6.42. The maximum atomic E-state index is 12.4. The zero-order valence-electron chi connectivity index (χ0n) is 25.6. The Morgan fingerprint density at radius 3 is 1.38 bits per heavy atom. The van der Waals surface area contributed by atoms with Crippen molar-refractivity contribution >= 4 is 23.6 Å². The van der Waals surface area contributed by atoms with Crippen LogP contribution in [0.4, 0.5) is 21.0 Å². The molecule has 0 radical (unpaired) electrons. The molecule has 0 spiro atoms. The minimum atomic E-state index is -0.655. The number of benzene rings is 4. The van der Waals surface area contributed by atoms with Gasteiger partial charge in [-0.1, -0.05) is 36.4 Å². The molecule has 4 aromatic rings. The van der Waals surface area contributed by atoms with E-state index in [1.807, 2.05) is 0 Å². The number of aromatic hydroxyl groups is 2. The first-order valence-corrected chi connectivity index (χ1v) is 14.7. The van der Waals surface area contributed by atoms with Crippen LogP contribution in [-0.2, 0) is 18.9 Å². The fourth-order valence-corrected chi connectivity index (χ4v) is 4.27. The van der Waals surface area contributed by atoms with E-state index in [0.717, 1.165) is 0 Å². The summed E-state index contributed by atoms with van der Waals surface area (Å²) in [5, 5.41) is 25.2. The molecule has 0 unspecified atom stereocenters. The van der Waals surface area contributed by atoms with Gasteiger partial charge in [0.05, 0.1) is 26.4 Å². The van der Waals surface area contributed by atoms with Crippen LogP contribution in [0.25, 0.3) is 22.3 Å². The number of amides is 2. The van der Waals surface area contributed by atoms with E-state index in [-0.39, 0.29) is 37.9 Å². The van der Waals surface area contributed by atoms with Crippen LogP contribution < -0.4 is 15.4 Å². The van der Waals surface area contributed by atoms with E-state index in [9.17, 15) is 19.8 Å². The SMILES string of the molecule is C=CCOCCOC(=O)Nc1ccc(Oc2ccc(NC(=O)OCCOCC=C)cc2-c2ccc(O)cc2)c(-c2ccc(O)cc2)c1. The largest absolute Gasteiger partial charge is 0.508 e. The Labute approximate surface area is 272 Å². The first-order chi connectivity index (χ1) is 22.9. The molecule has 0 saturated heterocycles. The average Bonchev–Trinajstić information content (AvgIpc) is 3.06. The molecule has 47 heavy (non-hydrogen) atoms. The van der Waals surface area contributed by atoms with Crippen LogP contribution in [0.1, 0.15) is 0 Å². The average molecular weight is 641 g/mol. The fourth-order valence-electron chi connectivity index (χ4n) is 4.27. The van der Waals surface area contributed by atoms with Crippen LogP contribution >= 0.6 is 0 Å². The second kappa shape index (κ2) is 17.6. The number of phenolic OH excluding ortho intramolecular Hbond substituents is 2. The molecule has 0 aliphatic heterocycles. The van der Waals surface area contributed by atoms with E-state index < -0.39 is 12.2 Å². The molecule has 2 amide bonds. The molecule has 11 heteroatoms. The maximum Gasteiger partial charge on any atom is 0.411 e. The van der Waals surface area contributed by atoms with Gasteiger partial charge in [0.25, 0.3) is 0 Å². The van der Waals surface area contributed by atoms with E-state index in [2.05, 4.69) is 23.8 Å². The van der Waals surface area contributed by atoms with E-state index in [1.54, 1.807) is 97.1 Å². The first kappa shape index (κ1) is 34.1. The van der Waals surface area contributed by atoms with Gasteiger partial charge in [0, 0.05) is 22.5 Å². The smallest absolute Gasteiger partial charge is 0.411 e. The van der Waals surface area contributed by atoms with Crippen molar-refractivity contribution in [2.75, 3.05) is 50.3 Å². The predicted molar refractivity (Wildman–Crippen MR) is 179 cm³/mol. The number of ether oxygens (including phenoxy) is 5. The van der Waals surface area contributed by atoms with Gasteiger partial charge in [-0.2, -0.15) is 0 Å². The molecule has 4 aromatic carbocycles. The maximum absolute atomic E-state index is 12.4. The molecule has 0 aliphatic carbocycles. The van der Waals surface area contributed by atoms with Crippen molar-refractivity contribution < 1.29 is 43.5 Å². The molecule has 4 rings (SSSR count). The van der Waals surface area contributed by atoms with Crippen molar-refractivity contribution in [3.63, 3.8) is 0 Å². The Hall–Kier alpha value is -5.78. The fraction of sp³-hybridized carbons (Fsp3) is 0.167. The zero-order valence-corrected chi connectivity index (χ0v) is 25.6. The lowest BCUT2D eigenvalue weighted by Gasteiger charge is -2.17. The van der Waals surface area contributed by atoms with Gasteiger partial charge < -0.3 is 33.9 Å². The van der Waals surface area contributed by atoms with Gasteiger partial charge in [0.2, 0.25) is 0 Å². The van der Waals surface area contributed by atoms with E-state index in [0.29, 0.717) is 58.3 Å². The standard InChI is InChI=1S/C36H36N2O9/c1-3-17-43-19-21-45-35(41)37-27-9-15-33(31(23-27)25-5-11-29(39)12-6-25)47-34-16-10-28(38-36(42)46-22-20-44-18-4-2)24-32(34)26-7-13-30(40)14-8-26/h3-16,23-24,39-40H,1-2,17-22H2,(H,37,41)(H,38,42). The molecular weight excluding hydrogens is 604 g/mol. The lowest BCUT2D eigenvalue weighted by molar-refractivity contribution is 0.0921. The molecule has 244 valence electrons. The highest BCUT2D eigenvalue weighted by molar-refractivity contribution is 5.88. The van der Waals surface area contributed by atoms with E-state index in [4.69, 9.17) is 23.7 Å². The summed E-state index contributed by atoms with van der Waals surface area (Å²) in [7, 11) is 0. The van der Waals surface area contributed by atoms with Crippen molar-refractivity contribution in [1.82, 2.24) is 0 Å². The Bertz CT molecular complexity index is 1530. The predicted octanol–water partition coefficient (Wildman–Crippen LogP) is 7.73. The third-order valence-electron chi connectivity index (χ3n) is 6.42. The number of nitrogens with one attached hydrogen (secondary N) is 2. The Kier molecular flexibility index (Phi) is 12.8. The number of phenols is 2. The summed E-state index contributed by atoms with van der Waals surface area (Å²) in [6.07, 6.45) is 1.90. The highest BCUT2D eigenvalue weighted by Crippen LogP contribution is 2.41. The summed E-state index contributed by atoms with van der Waals surface area (Å²) in [6.45, 7) is 8.45. The Balaban J connectivity index is 1.60. The third kappa shape index (κ3) is 10.7. The highest BCUT2D eigenvalue weighted by Gasteiger charge is 2.16. The quantitative estimate of drug-likeness (QED) is 0.0714. The summed E-state index contributed by atoms with van der Waals surface area (Å²) >= 11 is 0. The van der Waals surface area contributed by atoms with Crippen LogP contribution in [0.3, 0.4) is 0 Å². The number of anilines is 2. The molecule has 0 aromatic heterocycles. The lowest BCUT2D eigenvalue weighted by atomic mass is 10.0. The minimum Gasteiger partial charge on any atom is -0.508 e. The molecule has 0 heterocycles. The molecule has 4 N–H and O–H groups in total. The summed E-state index contributed by atoms with van der Waals surface area (Å²) in [4.78, 5) is 24.8. The molecule has 0 saturated carbocycles. The topological polar surface area (TPSA) is 145 Å². The molecule has 0 atom stereocenters. The molecule has 0 fully saturated rings. The van der Waals surface area contributed by atoms with Crippen LogP contribution in [0.2, 0.25) is 0 Å². The molecule has 0 aliphatic rings. The highest BCUT2D eigenvalue weighted by atomic mass is 16.6. The van der Waals surface area contributed by atoms with Crippen LogP contribution in [0, 0.1) is 0 Å². The van der Waals surface area contributed by atoms with Crippen molar-refractivity contribution in [3.05, 3.63) is 110 Å². The second-order valence-corrected chi connectivity index (χ2v) is 9.87. The number of carbonyl (C=O) groups is 2. The van der Waals surface area contributed by atoms with Crippen molar-refractivity contribution in [1.29, 1.82) is 0 Å². The first-order valence-electron chi connectivity index (χ1n) is 14.7. The molecular formula is C36H36N2O9. The summed E-state index contributed by atoms with van der Waals surface area (Å²) in [6, 6.07) is 23.2. The molecule has 11 nitrogen and oxygen atoms in total. The number of carbonyl (C=O) groups excluding carboxylic acids is 2. The van der Waals surface area contributed by atoms with Crippen LogP contribution in [0.15, 0.2) is 110 Å². The van der Waals surface area contributed by atoms with E-state index >= 15 is 0 Å². The Morgan fingerprint density at radius 2 is 1.00 bits per heavy atom. The summed E-state index contributed by atoms with van der Waals surface area (Å²) < 4.78 is 27.3.